The van der Waals surface area contributed by atoms with Gasteiger partial charge in [-0.1, -0.05) is 115 Å². The van der Waals surface area contributed by atoms with E-state index in [2.05, 4.69) is 91.0 Å². The molecule has 2 nitrogen and oxygen atoms in total. The van der Waals surface area contributed by atoms with Gasteiger partial charge in [0.05, 0.1) is 6.16 Å². The Bertz CT molecular complexity index is 1340. The van der Waals surface area contributed by atoms with E-state index in [0.717, 1.165) is 6.16 Å². The first-order chi connectivity index (χ1) is 18.6. The second kappa shape index (κ2) is 11.7. The molecule has 0 radical (unpaired) electrons. The molecule has 0 unspecified atom stereocenters. The van der Waals surface area contributed by atoms with Gasteiger partial charge in [0, 0.05) is 5.56 Å². The lowest BCUT2D eigenvalue weighted by atomic mass is 9.82. The minimum Gasteiger partial charge on any atom is -0.377 e. The van der Waals surface area contributed by atoms with Gasteiger partial charge in [0.1, 0.15) is 23.2 Å². The maximum absolute atomic E-state index is 13.8. The van der Waals surface area contributed by atoms with E-state index in [1.165, 1.54) is 15.9 Å². The summed E-state index contributed by atoms with van der Waals surface area (Å²) in [6.07, 6.45) is 1.84. The highest BCUT2D eigenvalue weighted by Crippen LogP contribution is 2.56. The zero-order valence-corrected chi connectivity index (χ0v) is 22.3. The van der Waals surface area contributed by atoms with Crippen LogP contribution in [0, 0.1) is 0 Å². The van der Waals surface area contributed by atoms with E-state index in [0.29, 0.717) is 24.0 Å². The molecule has 38 heavy (non-hydrogen) atoms. The van der Waals surface area contributed by atoms with Crippen LogP contribution in [-0.4, -0.2) is 17.1 Å². The Morgan fingerprint density at radius 2 is 0.921 bits per heavy atom. The van der Waals surface area contributed by atoms with Gasteiger partial charge in [-0.3, -0.25) is 4.79 Å². The molecule has 0 fully saturated rings. The highest BCUT2D eigenvalue weighted by atomic mass is 31.2. The lowest BCUT2D eigenvalue weighted by molar-refractivity contribution is 0.0248. The Morgan fingerprint density at radius 1 is 0.553 bits per heavy atom. The van der Waals surface area contributed by atoms with E-state index >= 15 is 0 Å². The Labute approximate surface area is 226 Å². The Hall–Kier alpha value is -3.84. The van der Waals surface area contributed by atoms with Crippen LogP contribution >= 0.6 is 7.26 Å². The molecule has 3 heteroatoms. The van der Waals surface area contributed by atoms with Crippen molar-refractivity contribution in [3.05, 3.63) is 163 Å². The molecule has 0 heterocycles. The molecule has 0 saturated heterocycles. The van der Waals surface area contributed by atoms with Crippen molar-refractivity contribution in [3.63, 3.8) is 0 Å². The number of aliphatic hydroxyl groups is 1. The topological polar surface area (TPSA) is 37.3 Å². The summed E-state index contributed by atoms with van der Waals surface area (Å²) < 4.78 is 0. The molecule has 1 N–H and O–H groups in total. The number of Topliss-reactive ketones (excluding diaryl/α,β-unsaturated/α-hetero) is 1. The van der Waals surface area contributed by atoms with E-state index in [9.17, 15) is 9.90 Å². The molecule has 5 aromatic rings. The van der Waals surface area contributed by atoms with Crippen molar-refractivity contribution in [1.29, 1.82) is 0 Å². The van der Waals surface area contributed by atoms with E-state index in [4.69, 9.17) is 0 Å². The zero-order chi connectivity index (χ0) is 26.3. The molecule has 5 aromatic carbocycles. The van der Waals surface area contributed by atoms with Gasteiger partial charge in [-0.05, 0) is 54.8 Å². The van der Waals surface area contributed by atoms with Gasteiger partial charge in [0.15, 0.2) is 11.4 Å². The van der Waals surface area contributed by atoms with Gasteiger partial charge >= 0.3 is 0 Å². The summed E-state index contributed by atoms with van der Waals surface area (Å²) in [6.45, 7) is 0. The number of carbonyl (C=O) groups excluding carboxylic acids is 1. The molecule has 0 aliphatic carbocycles. The molecule has 0 aliphatic heterocycles. The van der Waals surface area contributed by atoms with Crippen LogP contribution in [0.15, 0.2) is 152 Å². The predicted molar refractivity (Wildman–Crippen MR) is 160 cm³/mol. The first-order valence-electron chi connectivity index (χ1n) is 13.1. The van der Waals surface area contributed by atoms with Gasteiger partial charge in [0.25, 0.3) is 0 Å². The van der Waals surface area contributed by atoms with Crippen molar-refractivity contribution in [2.24, 2.45) is 0 Å². The van der Waals surface area contributed by atoms with Crippen LogP contribution in [0.5, 0.6) is 0 Å². The Balaban J connectivity index is 1.57. The third-order valence-electron chi connectivity index (χ3n) is 7.29. The molecule has 188 valence electrons. The van der Waals surface area contributed by atoms with Crippen molar-refractivity contribution in [3.8, 4) is 0 Å². The molecule has 0 aliphatic rings. The van der Waals surface area contributed by atoms with Crippen LogP contribution in [0.4, 0.5) is 0 Å². The standard InChI is InChI=1S/C35H32O2P/c36-34(29-17-6-1-7-18-29)35(37,30-19-8-2-9-20-30)27-16-28-38(31-21-10-3-11-22-31,32-23-12-4-13-24-32)33-25-14-5-15-26-33/h1-15,17-26,37H,16,27-28H2/q+1/t35-/m1/s1. The normalized spacial score (nSPS) is 13.0. The number of hydrogen-bond donors (Lipinski definition) is 1. The molecular formula is C35H32O2P+. The fraction of sp³-hybridized carbons (Fsp3) is 0.114. The maximum atomic E-state index is 13.8. The lowest BCUT2D eigenvalue weighted by Crippen LogP contribution is -2.38. The molecule has 0 saturated carbocycles. The number of hydrogen-bond acceptors (Lipinski definition) is 2. The summed E-state index contributed by atoms with van der Waals surface area (Å²) >= 11 is 0. The van der Waals surface area contributed by atoms with Gasteiger partial charge < -0.3 is 5.11 Å². The van der Waals surface area contributed by atoms with Crippen molar-refractivity contribution in [1.82, 2.24) is 0 Å². The van der Waals surface area contributed by atoms with Crippen LogP contribution in [0.2, 0.25) is 0 Å². The number of ketones is 1. The van der Waals surface area contributed by atoms with Gasteiger partial charge in [-0.2, -0.15) is 0 Å². The summed E-state index contributed by atoms with van der Waals surface area (Å²) in [4.78, 5) is 13.8. The number of benzene rings is 5. The highest BCUT2D eigenvalue weighted by Gasteiger charge is 2.46. The lowest BCUT2D eigenvalue weighted by Gasteiger charge is -2.31. The van der Waals surface area contributed by atoms with Crippen LogP contribution < -0.4 is 15.9 Å². The van der Waals surface area contributed by atoms with Crippen LogP contribution in [0.3, 0.4) is 0 Å². The van der Waals surface area contributed by atoms with Gasteiger partial charge in [-0.25, -0.2) is 0 Å². The zero-order valence-electron chi connectivity index (χ0n) is 21.4. The summed E-state index contributed by atoms with van der Waals surface area (Å²) in [7, 11) is -2.06. The largest absolute Gasteiger partial charge is 0.377 e. The molecule has 0 aromatic heterocycles. The van der Waals surface area contributed by atoms with Gasteiger partial charge in [0.2, 0.25) is 0 Å². The highest BCUT2D eigenvalue weighted by molar-refractivity contribution is 7.95. The maximum Gasteiger partial charge on any atom is 0.198 e. The van der Waals surface area contributed by atoms with Crippen LogP contribution in [0.25, 0.3) is 0 Å². The van der Waals surface area contributed by atoms with Crippen molar-refractivity contribution >= 4 is 29.0 Å². The minimum absolute atomic E-state index is 0.257. The van der Waals surface area contributed by atoms with Crippen LogP contribution in [0.1, 0.15) is 28.8 Å². The monoisotopic (exact) mass is 515 g/mol. The van der Waals surface area contributed by atoms with Crippen molar-refractivity contribution < 1.29 is 9.90 Å². The third kappa shape index (κ3) is 5.11. The quantitative estimate of drug-likeness (QED) is 0.170. The van der Waals surface area contributed by atoms with E-state index in [1.54, 1.807) is 12.1 Å². The third-order valence-corrected chi connectivity index (χ3v) is 11.8. The average Bonchev–Trinajstić information content (AvgIpc) is 3.01. The molecule has 1 atom stereocenters. The number of rotatable bonds is 10. The smallest absolute Gasteiger partial charge is 0.198 e. The fourth-order valence-electron chi connectivity index (χ4n) is 5.39. The van der Waals surface area contributed by atoms with Gasteiger partial charge in [-0.15, -0.1) is 0 Å². The van der Waals surface area contributed by atoms with E-state index < -0.39 is 12.9 Å². The summed E-state index contributed by atoms with van der Waals surface area (Å²) in [5.41, 5.74) is -0.450. The van der Waals surface area contributed by atoms with Crippen molar-refractivity contribution in [2.45, 2.75) is 18.4 Å². The summed E-state index contributed by atoms with van der Waals surface area (Å²) in [5.74, 6) is -0.257. The minimum atomic E-state index is -2.06. The van der Waals surface area contributed by atoms with Crippen LogP contribution in [-0.2, 0) is 5.60 Å². The molecular weight excluding hydrogens is 483 g/mol. The van der Waals surface area contributed by atoms with E-state index in [-0.39, 0.29) is 5.78 Å². The molecule has 0 spiro atoms. The average molecular weight is 516 g/mol. The summed E-state index contributed by atoms with van der Waals surface area (Å²) in [6, 6.07) is 50.7. The Kier molecular flexibility index (Phi) is 7.94. The molecule has 5 rings (SSSR count). The number of carbonyl (C=O) groups is 1. The first kappa shape index (κ1) is 25.8. The predicted octanol–water partition coefficient (Wildman–Crippen LogP) is 6.53. The molecule has 0 amide bonds. The van der Waals surface area contributed by atoms with E-state index in [1.807, 2.05) is 48.5 Å². The fourth-order valence-corrected chi connectivity index (χ4v) is 9.73. The Morgan fingerprint density at radius 3 is 1.34 bits per heavy atom. The van der Waals surface area contributed by atoms with Crippen molar-refractivity contribution in [2.75, 3.05) is 6.16 Å². The summed E-state index contributed by atoms with van der Waals surface area (Å²) in [5, 5.41) is 16.0. The molecule has 0 bridgehead atoms. The second-order valence-corrected chi connectivity index (χ2v) is 13.2. The SMILES string of the molecule is O=C(c1ccccc1)[C@@](O)(CCC[P+](c1ccccc1)(c1ccccc1)c1ccccc1)c1ccccc1. The first-order valence-corrected chi connectivity index (χ1v) is 15.0. The second-order valence-electron chi connectivity index (χ2n) is 9.57.